The first-order chi connectivity index (χ1) is 9.51. The molecule has 20 heavy (non-hydrogen) atoms. The molecule has 2 rings (SSSR count). The van der Waals surface area contributed by atoms with Crippen LogP contribution in [0.3, 0.4) is 0 Å². The van der Waals surface area contributed by atoms with Crippen LogP contribution in [0.4, 0.5) is 4.39 Å². The smallest absolute Gasteiger partial charge is 0.132 e. The van der Waals surface area contributed by atoms with Gasteiger partial charge < -0.3 is 10.1 Å². The van der Waals surface area contributed by atoms with Crippen LogP contribution in [-0.4, -0.2) is 7.05 Å². The Labute approximate surface area is 119 Å². The van der Waals surface area contributed by atoms with Crippen LogP contribution in [0.2, 0.25) is 0 Å². The number of nitrogens with one attached hydrogen (secondary N) is 1. The molecule has 0 saturated carbocycles. The standard InChI is InChI=1S/C17H20FNO/c1-11-5-6-12(2)17(9-11)20-16-8-7-14(18)10-15(16)13(3)19-4/h5-10,13,19H,1-4H3. The third kappa shape index (κ3) is 3.17. The predicted molar refractivity (Wildman–Crippen MR) is 79.9 cm³/mol. The molecule has 1 unspecified atom stereocenters. The van der Waals surface area contributed by atoms with Gasteiger partial charge in [0, 0.05) is 11.6 Å². The van der Waals surface area contributed by atoms with E-state index in [9.17, 15) is 4.39 Å². The van der Waals surface area contributed by atoms with E-state index < -0.39 is 0 Å². The van der Waals surface area contributed by atoms with Gasteiger partial charge in [0.05, 0.1) is 0 Å². The van der Waals surface area contributed by atoms with Crippen LogP contribution < -0.4 is 10.1 Å². The van der Waals surface area contributed by atoms with Gasteiger partial charge in [-0.3, -0.25) is 0 Å². The molecule has 0 heterocycles. The molecule has 1 N–H and O–H groups in total. The van der Waals surface area contributed by atoms with E-state index in [1.807, 2.05) is 46.0 Å². The Morgan fingerprint density at radius 3 is 2.50 bits per heavy atom. The van der Waals surface area contributed by atoms with Crippen molar-refractivity contribution in [2.45, 2.75) is 26.8 Å². The number of hydrogen-bond acceptors (Lipinski definition) is 2. The molecule has 2 nitrogen and oxygen atoms in total. The molecule has 0 aliphatic rings. The van der Waals surface area contributed by atoms with E-state index in [0.717, 1.165) is 22.4 Å². The first kappa shape index (κ1) is 14.5. The molecule has 0 aromatic heterocycles. The SMILES string of the molecule is CNC(C)c1cc(F)ccc1Oc1cc(C)ccc1C. The number of hydrogen-bond donors (Lipinski definition) is 1. The van der Waals surface area contributed by atoms with Crippen molar-refractivity contribution in [1.29, 1.82) is 0 Å². The summed E-state index contributed by atoms with van der Waals surface area (Å²) in [5, 5.41) is 3.11. The summed E-state index contributed by atoms with van der Waals surface area (Å²) in [5.41, 5.74) is 3.01. The van der Waals surface area contributed by atoms with E-state index >= 15 is 0 Å². The predicted octanol–water partition coefficient (Wildman–Crippen LogP) is 4.52. The first-order valence-corrected chi connectivity index (χ1v) is 6.73. The lowest BCUT2D eigenvalue weighted by molar-refractivity contribution is 0.459. The molecule has 0 bridgehead atoms. The van der Waals surface area contributed by atoms with Gasteiger partial charge in [0.15, 0.2) is 0 Å². The van der Waals surface area contributed by atoms with Gasteiger partial charge in [-0.25, -0.2) is 4.39 Å². The van der Waals surface area contributed by atoms with Gasteiger partial charge in [-0.05, 0) is 63.2 Å². The fourth-order valence-electron chi connectivity index (χ4n) is 2.04. The first-order valence-electron chi connectivity index (χ1n) is 6.73. The zero-order chi connectivity index (χ0) is 14.7. The monoisotopic (exact) mass is 273 g/mol. The lowest BCUT2D eigenvalue weighted by Crippen LogP contribution is -2.13. The highest BCUT2D eigenvalue weighted by atomic mass is 19.1. The quantitative estimate of drug-likeness (QED) is 0.884. The summed E-state index contributed by atoms with van der Waals surface area (Å²) in [6.07, 6.45) is 0. The van der Waals surface area contributed by atoms with Crippen molar-refractivity contribution < 1.29 is 9.13 Å². The minimum Gasteiger partial charge on any atom is -0.457 e. The molecule has 0 radical (unpaired) electrons. The van der Waals surface area contributed by atoms with Crippen LogP contribution in [-0.2, 0) is 0 Å². The van der Waals surface area contributed by atoms with Crippen LogP contribution in [0.5, 0.6) is 11.5 Å². The van der Waals surface area contributed by atoms with Crippen molar-refractivity contribution in [3.05, 3.63) is 58.9 Å². The number of ether oxygens (including phenoxy) is 1. The van der Waals surface area contributed by atoms with Crippen molar-refractivity contribution in [3.63, 3.8) is 0 Å². The second-order valence-electron chi connectivity index (χ2n) is 5.06. The van der Waals surface area contributed by atoms with E-state index in [0.29, 0.717) is 5.75 Å². The largest absolute Gasteiger partial charge is 0.457 e. The van der Waals surface area contributed by atoms with Crippen LogP contribution >= 0.6 is 0 Å². The Balaban J connectivity index is 2.40. The summed E-state index contributed by atoms with van der Waals surface area (Å²) >= 11 is 0. The fraction of sp³-hybridized carbons (Fsp3) is 0.294. The minimum absolute atomic E-state index is 0.0193. The molecule has 0 saturated heterocycles. The Hall–Kier alpha value is -1.87. The molecule has 0 spiro atoms. The van der Waals surface area contributed by atoms with E-state index in [4.69, 9.17) is 4.74 Å². The second-order valence-corrected chi connectivity index (χ2v) is 5.06. The lowest BCUT2D eigenvalue weighted by Gasteiger charge is -2.17. The van der Waals surface area contributed by atoms with Crippen molar-refractivity contribution in [3.8, 4) is 11.5 Å². The average molecular weight is 273 g/mol. The maximum absolute atomic E-state index is 13.4. The molecular formula is C17H20FNO. The van der Waals surface area contributed by atoms with Crippen molar-refractivity contribution in [1.82, 2.24) is 5.32 Å². The Morgan fingerprint density at radius 1 is 1.05 bits per heavy atom. The van der Waals surface area contributed by atoms with Gasteiger partial charge in [0.1, 0.15) is 17.3 Å². The zero-order valence-corrected chi connectivity index (χ0v) is 12.3. The van der Waals surface area contributed by atoms with Gasteiger partial charge >= 0.3 is 0 Å². The molecule has 0 aliphatic heterocycles. The molecular weight excluding hydrogens is 253 g/mol. The zero-order valence-electron chi connectivity index (χ0n) is 12.3. The van der Waals surface area contributed by atoms with Gasteiger partial charge in [0.2, 0.25) is 0 Å². The summed E-state index contributed by atoms with van der Waals surface area (Å²) in [5.74, 6) is 1.23. The van der Waals surface area contributed by atoms with Gasteiger partial charge in [-0.1, -0.05) is 12.1 Å². The Bertz CT molecular complexity index is 610. The lowest BCUT2D eigenvalue weighted by atomic mass is 10.1. The minimum atomic E-state index is -0.254. The third-order valence-corrected chi connectivity index (χ3v) is 3.43. The molecule has 3 heteroatoms. The average Bonchev–Trinajstić information content (AvgIpc) is 2.43. The Morgan fingerprint density at radius 2 is 1.80 bits per heavy atom. The molecule has 2 aromatic rings. The summed E-state index contributed by atoms with van der Waals surface area (Å²) in [4.78, 5) is 0. The van der Waals surface area contributed by atoms with Crippen molar-refractivity contribution in [2.75, 3.05) is 7.05 Å². The number of benzene rings is 2. The molecule has 1 atom stereocenters. The molecule has 2 aromatic carbocycles. The highest BCUT2D eigenvalue weighted by Gasteiger charge is 2.13. The van der Waals surface area contributed by atoms with Crippen molar-refractivity contribution >= 4 is 0 Å². The third-order valence-electron chi connectivity index (χ3n) is 3.43. The molecule has 0 amide bonds. The normalized spacial score (nSPS) is 12.2. The van der Waals surface area contributed by atoms with Crippen LogP contribution in [0.15, 0.2) is 36.4 Å². The van der Waals surface area contributed by atoms with Gasteiger partial charge in [-0.2, -0.15) is 0 Å². The summed E-state index contributed by atoms with van der Waals surface area (Å²) < 4.78 is 19.4. The van der Waals surface area contributed by atoms with Crippen molar-refractivity contribution in [2.24, 2.45) is 0 Å². The van der Waals surface area contributed by atoms with Crippen LogP contribution in [0.25, 0.3) is 0 Å². The summed E-state index contributed by atoms with van der Waals surface area (Å²) in [7, 11) is 1.84. The van der Waals surface area contributed by atoms with E-state index in [1.54, 1.807) is 6.07 Å². The molecule has 106 valence electrons. The fourth-order valence-corrected chi connectivity index (χ4v) is 2.04. The van der Waals surface area contributed by atoms with E-state index in [2.05, 4.69) is 5.32 Å². The van der Waals surface area contributed by atoms with Gasteiger partial charge in [0.25, 0.3) is 0 Å². The second kappa shape index (κ2) is 6.06. The maximum Gasteiger partial charge on any atom is 0.132 e. The summed E-state index contributed by atoms with van der Waals surface area (Å²) in [6, 6.07) is 10.7. The molecule has 0 fully saturated rings. The van der Waals surface area contributed by atoms with Gasteiger partial charge in [-0.15, -0.1) is 0 Å². The van der Waals surface area contributed by atoms with E-state index in [-0.39, 0.29) is 11.9 Å². The number of halogens is 1. The van der Waals surface area contributed by atoms with E-state index in [1.165, 1.54) is 12.1 Å². The summed E-state index contributed by atoms with van der Waals surface area (Å²) in [6.45, 7) is 6.00. The van der Waals surface area contributed by atoms with Crippen LogP contribution in [0.1, 0.15) is 29.7 Å². The number of rotatable bonds is 4. The highest BCUT2D eigenvalue weighted by Crippen LogP contribution is 2.32. The molecule has 0 aliphatic carbocycles. The number of aryl methyl sites for hydroxylation is 2. The Kier molecular flexibility index (Phi) is 4.40. The maximum atomic E-state index is 13.4. The van der Waals surface area contributed by atoms with Crippen LogP contribution in [0, 0.1) is 19.7 Å². The topological polar surface area (TPSA) is 21.3 Å². The highest BCUT2D eigenvalue weighted by molar-refractivity contribution is 5.43.